The molecule has 12 nitrogen and oxygen atoms in total. The van der Waals surface area contributed by atoms with E-state index in [1.54, 1.807) is 43.3 Å². The van der Waals surface area contributed by atoms with Crippen molar-refractivity contribution in [2.75, 3.05) is 25.7 Å². The molecule has 2 amide bonds. The van der Waals surface area contributed by atoms with Gasteiger partial charge >= 0.3 is 11.9 Å². The zero-order valence-corrected chi connectivity index (χ0v) is 23.2. The van der Waals surface area contributed by atoms with Gasteiger partial charge in [0, 0.05) is 12.5 Å². The number of para-hydroxylation sites is 1. The van der Waals surface area contributed by atoms with Crippen LogP contribution < -0.4 is 35.0 Å². The molecule has 41 heavy (non-hydrogen) atoms. The number of rotatable bonds is 6. The maximum atomic E-state index is 14.2. The summed E-state index contributed by atoms with van der Waals surface area (Å²) in [6.45, 7) is 2.51. The highest BCUT2D eigenvalue weighted by atomic mass is 32.1. The molecule has 5 rings (SSSR count). The summed E-state index contributed by atoms with van der Waals surface area (Å²) in [6, 6.07) is 10.4. The van der Waals surface area contributed by atoms with E-state index in [4.69, 9.17) is 19.9 Å². The summed E-state index contributed by atoms with van der Waals surface area (Å²) in [6.07, 6.45) is 0. The molecule has 3 heterocycles. The quantitative estimate of drug-likeness (QED) is 0.329. The number of hydrogen-bond acceptors (Lipinski definition) is 10. The molecule has 2 aromatic carbocycles. The Morgan fingerprint density at radius 2 is 1.80 bits per heavy atom. The molecule has 0 bridgehead atoms. The van der Waals surface area contributed by atoms with Crippen molar-refractivity contribution in [1.82, 2.24) is 4.57 Å². The number of anilines is 1. The molecule has 3 aromatic rings. The molecular formula is C28H24N4O8S. The maximum absolute atomic E-state index is 14.2. The van der Waals surface area contributed by atoms with Crippen molar-refractivity contribution in [3.8, 4) is 11.5 Å². The monoisotopic (exact) mass is 576 g/mol. The van der Waals surface area contributed by atoms with E-state index in [2.05, 4.69) is 4.99 Å². The van der Waals surface area contributed by atoms with E-state index >= 15 is 0 Å². The predicted octanol–water partition coefficient (Wildman–Crippen LogP) is 0.544. The third-order valence-corrected chi connectivity index (χ3v) is 7.68. The molecule has 2 aliphatic rings. The molecule has 0 fully saturated rings. The van der Waals surface area contributed by atoms with Crippen molar-refractivity contribution < 1.29 is 33.4 Å². The van der Waals surface area contributed by atoms with Crippen molar-refractivity contribution in [1.29, 1.82) is 0 Å². The van der Waals surface area contributed by atoms with Crippen molar-refractivity contribution >= 4 is 46.4 Å². The number of fused-ring (bicyclic) bond motifs is 2. The van der Waals surface area contributed by atoms with Crippen LogP contribution in [0.1, 0.15) is 31.0 Å². The van der Waals surface area contributed by atoms with E-state index in [0.717, 1.165) is 11.3 Å². The Bertz CT molecular complexity index is 1870. The minimum atomic E-state index is -1.01. The number of benzene rings is 2. The third-order valence-electron chi connectivity index (χ3n) is 6.62. The minimum Gasteiger partial charge on any atom is -0.493 e. The van der Waals surface area contributed by atoms with Crippen LogP contribution >= 0.6 is 11.3 Å². The van der Waals surface area contributed by atoms with Crippen LogP contribution in [-0.4, -0.2) is 49.1 Å². The van der Waals surface area contributed by atoms with Crippen molar-refractivity contribution in [3.05, 3.63) is 84.5 Å². The smallest absolute Gasteiger partial charge is 0.338 e. The number of allylic oxidation sites excluding steroid dienone is 1. The van der Waals surface area contributed by atoms with E-state index in [1.165, 1.54) is 36.7 Å². The molecule has 1 atom stereocenters. The maximum Gasteiger partial charge on any atom is 0.338 e. The highest BCUT2D eigenvalue weighted by Crippen LogP contribution is 2.37. The Morgan fingerprint density at radius 3 is 2.46 bits per heavy atom. The normalized spacial score (nSPS) is 17.0. The molecular weight excluding hydrogens is 552 g/mol. The largest absolute Gasteiger partial charge is 0.493 e. The average Bonchev–Trinajstić information content (AvgIpc) is 3.39. The van der Waals surface area contributed by atoms with Crippen LogP contribution in [0, 0.1) is 0 Å². The number of aromatic nitrogens is 1. The van der Waals surface area contributed by atoms with E-state index in [-0.39, 0.29) is 38.5 Å². The Kier molecular flexibility index (Phi) is 7.05. The summed E-state index contributed by atoms with van der Waals surface area (Å²) in [5.41, 5.74) is 6.71. The molecule has 0 spiro atoms. The third kappa shape index (κ3) is 4.59. The molecule has 2 aliphatic heterocycles. The van der Waals surface area contributed by atoms with Crippen LogP contribution in [0.3, 0.4) is 0 Å². The lowest BCUT2D eigenvalue weighted by Gasteiger charge is -2.25. The van der Waals surface area contributed by atoms with E-state index in [0.29, 0.717) is 22.5 Å². The summed E-state index contributed by atoms with van der Waals surface area (Å²) in [4.78, 5) is 70.0. The van der Waals surface area contributed by atoms with Gasteiger partial charge in [-0.2, -0.15) is 0 Å². The number of hydrogen-bond donors (Lipinski definition) is 1. The van der Waals surface area contributed by atoms with Gasteiger partial charge in [0.05, 0.1) is 42.8 Å². The lowest BCUT2D eigenvalue weighted by atomic mass is 9.95. The second-order valence-electron chi connectivity index (χ2n) is 9.15. The van der Waals surface area contributed by atoms with Crippen LogP contribution in [0.4, 0.5) is 5.69 Å². The van der Waals surface area contributed by atoms with Gasteiger partial charge in [-0.15, -0.1) is 0 Å². The van der Waals surface area contributed by atoms with E-state index < -0.39 is 35.4 Å². The van der Waals surface area contributed by atoms with Crippen LogP contribution in [0.2, 0.25) is 0 Å². The van der Waals surface area contributed by atoms with Gasteiger partial charge in [0.1, 0.15) is 11.1 Å². The standard InChI is InChI=1S/C28H24N4O8S/c1-13-21(27(37)39-4)23(15-9-10-18(40-14(2)33)19(11-15)38-3)32-26(36)24(41-28(32)30-13)22-16-7-5-6-8-17(16)31(25(22)35)12-20(29)34/h5-11,23H,12H2,1-4H3,(H2,29,34). The molecule has 2 N–H and O–H groups in total. The summed E-state index contributed by atoms with van der Waals surface area (Å²) in [5, 5.41) is 0. The van der Waals surface area contributed by atoms with E-state index in [1.807, 2.05) is 0 Å². The van der Waals surface area contributed by atoms with Crippen LogP contribution in [0.15, 0.2) is 63.5 Å². The number of nitrogens with zero attached hydrogens (tertiary/aromatic N) is 3. The number of nitrogens with two attached hydrogens (primary N) is 1. The highest BCUT2D eigenvalue weighted by Gasteiger charge is 2.38. The first kappa shape index (κ1) is 27.5. The van der Waals surface area contributed by atoms with Gasteiger partial charge in [0.25, 0.3) is 11.5 Å². The minimum absolute atomic E-state index is 0.0839. The number of primary amides is 1. The van der Waals surface area contributed by atoms with Crippen LogP contribution in [0.25, 0.3) is 5.57 Å². The summed E-state index contributed by atoms with van der Waals surface area (Å²) < 4.78 is 17.1. The predicted molar refractivity (Wildman–Crippen MR) is 147 cm³/mol. The second kappa shape index (κ2) is 10.5. The first-order valence-corrected chi connectivity index (χ1v) is 13.1. The Hall–Kier alpha value is -5.04. The zero-order valence-electron chi connectivity index (χ0n) is 22.4. The molecule has 0 saturated carbocycles. The highest BCUT2D eigenvalue weighted by molar-refractivity contribution is 7.07. The van der Waals surface area contributed by atoms with Gasteiger partial charge in [-0.25, -0.2) is 9.79 Å². The fraction of sp³-hybridized carbons (Fsp3) is 0.214. The van der Waals surface area contributed by atoms with Crippen LogP contribution in [0.5, 0.6) is 11.5 Å². The second-order valence-corrected chi connectivity index (χ2v) is 10.1. The molecule has 1 unspecified atom stereocenters. The fourth-order valence-corrected chi connectivity index (χ4v) is 6.10. The number of amides is 2. The van der Waals surface area contributed by atoms with Crippen molar-refractivity contribution in [2.24, 2.45) is 10.7 Å². The summed E-state index contributed by atoms with van der Waals surface area (Å²) in [5.74, 6) is -2.16. The topological polar surface area (TPSA) is 160 Å². The Balaban J connectivity index is 1.79. The molecule has 210 valence electrons. The Morgan fingerprint density at radius 1 is 1.07 bits per heavy atom. The average molecular weight is 577 g/mol. The molecule has 0 saturated heterocycles. The Labute approximate surface area is 236 Å². The van der Waals surface area contributed by atoms with Gasteiger partial charge in [0.2, 0.25) is 5.91 Å². The summed E-state index contributed by atoms with van der Waals surface area (Å²) in [7, 11) is 2.61. The molecule has 13 heteroatoms. The van der Waals surface area contributed by atoms with Crippen molar-refractivity contribution in [3.63, 3.8) is 0 Å². The number of esters is 2. The number of thiazole rings is 1. The number of methoxy groups -OCH3 is 2. The van der Waals surface area contributed by atoms with Crippen molar-refractivity contribution in [2.45, 2.75) is 19.9 Å². The number of ether oxygens (including phenoxy) is 3. The first-order chi connectivity index (χ1) is 19.6. The molecule has 0 aliphatic carbocycles. The van der Waals surface area contributed by atoms with Gasteiger partial charge in [0.15, 0.2) is 16.3 Å². The van der Waals surface area contributed by atoms with Gasteiger partial charge < -0.3 is 19.9 Å². The van der Waals surface area contributed by atoms with Gasteiger partial charge in [-0.05, 0) is 30.7 Å². The van der Waals surface area contributed by atoms with E-state index in [9.17, 15) is 24.0 Å². The van der Waals surface area contributed by atoms with Gasteiger partial charge in [-0.1, -0.05) is 35.6 Å². The van der Waals surface area contributed by atoms with Gasteiger partial charge in [-0.3, -0.25) is 28.6 Å². The molecule has 1 aromatic heterocycles. The fourth-order valence-electron chi connectivity index (χ4n) is 4.96. The number of carbonyl (C=O) groups excluding carboxylic acids is 4. The lowest BCUT2D eigenvalue weighted by molar-refractivity contribution is -0.136. The first-order valence-electron chi connectivity index (χ1n) is 12.3. The van der Waals surface area contributed by atoms with Crippen LogP contribution in [-0.2, 0) is 23.9 Å². The lowest BCUT2D eigenvalue weighted by Crippen LogP contribution is -2.41. The zero-order chi connectivity index (χ0) is 29.6. The number of carbonyl (C=O) groups is 4. The SMILES string of the molecule is COC(=O)C1=C(C)N=c2sc(=C3C(=O)N(CC(N)=O)c4ccccc43)c(=O)n2C1c1ccc(OC(C)=O)c(OC)c1. The molecule has 0 radical (unpaired) electrons. The summed E-state index contributed by atoms with van der Waals surface area (Å²) >= 11 is 0.989.